The minimum Gasteiger partial charge on any atom is -0.465 e. The van der Waals surface area contributed by atoms with E-state index in [1.165, 1.54) is 11.1 Å². The molecule has 1 fully saturated rings. The quantitative estimate of drug-likeness (QED) is 0.913. The van der Waals surface area contributed by atoms with E-state index in [1.54, 1.807) is 0 Å². The maximum absolute atomic E-state index is 5.65. The second kappa shape index (κ2) is 6.67. The molecule has 0 aliphatic carbocycles. The molecule has 3 heteroatoms. The van der Waals surface area contributed by atoms with E-state index >= 15 is 0 Å². The standard InChI is InChI=1S/C19H25NO2/c1-15-5-3-4-6-18(15)19(9-11-21-12-10-19)14-20-13-17-8-7-16(2)22-17/h3-8,20H,9-14H2,1-2H3. The lowest BCUT2D eigenvalue weighted by molar-refractivity contribution is 0.0494. The molecule has 2 aromatic rings. The summed E-state index contributed by atoms with van der Waals surface area (Å²) in [4.78, 5) is 0. The smallest absolute Gasteiger partial charge is 0.117 e. The Balaban J connectivity index is 1.73. The van der Waals surface area contributed by atoms with Crippen molar-refractivity contribution in [1.29, 1.82) is 0 Å². The van der Waals surface area contributed by atoms with Crippen molar-refractivity contribution in [2.24, 2.45) is 0 Å². The number of aryl methyl sites for hydroxylation is 2. The molecular weight excluding hydrogens is 274 g/mol. The van der Waals surface area contributed by atoms with E-state index in [9.17, 15) is 0 Å². The van der Waals surface area contributed by atoms with Crippen LogP contribution in [-0.4, -0.2) is 19.8 Å². The van der Waals surface area contributed by atoms with Crippen molar-refractivity contribution in [3.8, 4) is 0 Å². The van der Waals surface area contributed by atoms with Crippen LogP contribution in [0.4, 0.5) is 0 Å². The summed E-state index contributed by atoms with van der Waals surface area (Å²) in [6.07, 6.45) is 2.14. The molecule has 22 heavy (non-hydrogen) atoms. The summed E-state index contributed by atoms with van der Waals surface area (Å²) in [5, 5.41) is 3.60. The van der Waals surface area contributed by atoms with E-state index in [4.69, 9.17) is 9.15 Å². The highest BCUT2D eigenvalue weighted by atomic mass is 16.5. The van der Waals surface area contributed by atoms with E-state index in [0.717, 1.165) is 50.7 Å². The molecule has 118 valence electrons. The molecule has 1 N–H and O–H groups in total. The summed E-state index contributed by atoms with van der Waals surface area (Å²) >= 11 is 0. The number of ether oxygens (including phenoxy) is 1. The Labute approximate surface area is 132 Å². The van der Waals surface area contributed by atoms with Gasteiger partial charge in [0, 0.05) is 25.2 Å². The Hall–Kier alpha value is -1.58. The molecule has 0 bridgehead atoms. The van der Waals surface area contributed by atoms with Gasteiger partial charge in [0.1, 0.15) is 11.5 Å². The third-order valence-electron chi connectivity index (χ3n) is 4.72. The monoisotopic (exact) mass is 299 g/mol. The first-order valence-corrected chi connectivity index (χ1v) is 8.09. The Morgan fingerprint density at radius 2 is 1.82 bits per heavy atom. The molecule has 1 aliphatic heterocycles. The average molecular weight is 299 g/mol. The van der Waals surface area contributed by atoms with Crippen molar-refractivity contribution >= 4 is 0 Å². The molecule has 2 heterocycles. The first-order valence-electron chi connectivity index (χ1n) is 8.09. The van der Waals surface area contributed by atoms with Crippen molar-refractivity contribution in [2.45, 2.75) is 38.6 Å². The van der Waals surface area contributed by atoms with Gasteiger partial charge in [-0.1, -0.05) is 24.3 Å². The van der Waals surface area contributed by atoms with Gasteiger partial charge >= 0.3 is 0 Å². The molecule has 1 aromatic carbocycles. The molecule has 0 radical (unpaired) electrons. The van der Waals surface area contributed by atoms with Crippen molar-refractivity contribution in [3.05, 3.63) is 59.0 Å². The lowest BCUT2D eigenvalue weighted by Crippen LogP contribution is -2.43. The summed E-state index contributed by atoms with van der Waals surface area (Å²) in [7, 11) is 0. The maximum Gasteiger partial charge on any atom is 0.117 e. The van der Waals surface area contributed by atoms with Crippen molar-refractivity contribution < 1.29 is 9.15 Å². The number of hydrogen-bond acceptors (Lipinski definition) is 3. The normalized spacial score (nSPS) is 17.5. The maximum atomic E-state index is 5.65. The number of furan rings is 1. The Bertz CT molecular complexity index is 611. The van der Waals surface area contributed by atoms with Gasteiger partial charge in [0.05, 0.1) is 6.54 Å². The summed E-state index contributed by atoms with van der Waals surface area (Å²) in [6.45, 7) is 7.62. The molecule has 0 unspecified atom stereocenters. The van der Waals surface area contributed by atoms with Crippen LogP contribution in [0, 0.1) is 13.8 Å². The number of rotatable bonds is 5. The van der Waals surface area contributed by atoms with Crippen LogP contribution in [0.3, 0.4) is 0 Å². The van der Waals surface area contributed by atoms with Crippen molar-refractivity contribution in [2.75, 3.05) is 19.8 Å². The molecule has 3 rings (SSSR count). The zero-order valence-corrected chi connectivity index (χ0v) is 13.5. The van der Waals surface area contributed by atoms with E-state index in [-0.39, 0.29) is 5.41 Å². The molecule has 0 saturated carbocycles. The lowest BCUT2D eigenvalue weighted by atomic mass is 9.72. The van der Waals surface area contributed by atoms with Crippen LogP contribution in [0.25, 0.3) is 0 Å². The molecule has 1 aromatic heterocycles. The van der Waals surface area contributed by atoms with Crippen LogP contribution in [-0.2, 0) is 16.7 Å². The van der Waals surface area contributed by atoms with E-state index < -0.39 is 0 Å². The highest BCUT2D eigenvalue weighted by Gasteiger charge is 2.35. The first kappa shape index (κ1) is 15.3. The third-order valence-corrected chi connectivity index (χ3v) is 4.72. The van der Waals surface area contributed by atoms with Crippen molar-refractivity contribution in [3.63, 3.8) is 0 Å². The second-order valence-corrected chi connectivity index (χ2v) is 6.32. The highest BCUT2D eigenvalue weighted by Crippen LogP contribution is 2.36. The van der Waals surface area contributed by atoms with Crippen LogP contribution in [0.15, 0.2) is 40.8 Å². The predicted molar refractivity (Wildman–Crippen MR) is 88.1 cm³/mol. The zero-order valence-electron chi connectivity index (χ0n) is 13.5. The van der Waals surface area contributed by atoms with Crippen molar-refractivity contribution in [1.82, 2.24) is 5.32 Å². The van der Waals surface area contributed by atoms with Gasteiger partial charge in [-0.25, -0.2) is 0 Å². The average Bonchev–Trinajstić information content (AvgIpc) is 2.94. The number of nitrogens with one attached hydrogen (secondary N) is 1. The van der Waals surface area contributed by atoms with Crippen LogP contribution in [0.2, 0.25) is 0 Å². The number of hydrogen-bond donors (Lipinski definition) is 1. The summed E-state index contributed by atoms with van der Waals surface area (Å²) in [6, 6.07) is 12.8. The minimum atomic E-state index is 0.172. The van der Waals surface area contributed by atoms with Gasteiger partial charge in [-0.3, -0.25) is 0 Å². The molecule has 0 amide bonds. The fourth-order valence-corrected chi connectivity index (χ4v) is 3.48. The van der Waals surface area contributed by atoms with Gasteiger partial charge in [0.2, 0.25) is 0 Å². The lowest BCUT2D eigenvalue weighted by Gasteiger charge is -2.39. The topological polar surface area (TPSA) is 34.4 Å². The molecule has 1 aliphatic rings. The van der Waals surface area contributed by atoms with E-state index in [1.807, 2.05) is 19.1 Å². The van der Waals surface area contributed by atoms with Gasteiger partial charge in [-0.05, 0) is 49.9 Å². The van der Waals surface area contributed by atoms with Crippen LogP contribution >= 0.6 is 0 Å². The molecular formula is C19H25NO2. The van der Waals surface area contributed by atoms with Crippen LogP contribution in [0.5, 0.6) is 0 Å². The van der Waals surface area contributed by atoms with Crippen LogP contribution < -0.4 is 5.32 Å². The fourth-order valence-electron chi connectivity index (χ4n) is 3.48. The molecule has 1 saturated heterocycles. The van der Waals surface area contributed by atoms with Gasteiger partial charge < -0.3 is 14.5 Å². The SMILES string of the molecule is Cc1ccc(CNCC2(c3ccccc3C)CCOCC2)o1. The Morgan fingerprint density at radius 3 is 2.50 bits per heavy atom. The van der Waals surface area contributed by atoms with Gasteiger partial charge in [-0.2, -0.15) is 0 Å². The summed E-state index contributed by atoms with van der Waals surface area (Å²) in [5.74, 6) is 1.97. The second-order valence-electron chi connectivity index (χ2n) is 6.32. The molecule has 0 atom stereocenters. The Kier molecular flexibility index (Phi) is 4.65. The summed E-state index contributed by atoms with van der Waals surface area (Å²) in [5.41, 5.74) is 3.01. The van der Waals surface area contributed by atoms with Gasteiger partial charge in [0.15, 0.2) is 0 Å². The van der Waals surface area contributed by atoms with Gasteiger partial charge in [-0.15, -0.1) is 0 Å². The molecule has 0 spiro atoms. The summed E-state index contributed by atoms with van der Waals surface area (Å²) < 4.78 is 11.3. The van der Waals surface area contributed by atoms with Gasteiger partial charge in [0.25, 0.3) is 0 Å². The predicted octanol–water partition coefficient (Wildman–Crippen LogP) is 3.73. The van der Waals surface area contributed by atoms with E-state index in [0.29, 0.717) is 0 Å². The fraction of sp³-hybridized carbons (Fsp3) is 0.474. The van der Waals surface area contributed by atoms with Crippen LogP contribution in [0.1, 0.15) is 35.5 Å². The zero-order chi connectivity index (χ0) is 15.4. The minimum absolute atomic E-state index is 0.172. The largest absolute Gasteiger partial charge is 0.465 e. The van der Waals surface area contributed by atoms with E-state index in [2.05, 4.69) is 36.5 Å². The Morgan fingerprint density at radius 1 is 1.05 bits per heavy atom. The highest BCUT2D eigenvalue weighted by molar-refractivity contribution is 5.34. The number of benzene rings is 1. The first-order chi connectivity index (χ1) is 10.7. The third kappa shape index (κ3) is 3.26. The molecule has 3 nitrogen and oxygen atoms in total.